The van der Waals surface area contributed by atoms with Gasteiger partial charge in [-0.05, 0) is 56.0 Å². The van der Waals surface area contributed by atoms with E-state index < -0.39 is 11.9 Å². The second-order valence-corrected chi connectivity index (χ2v) is 8.27. The second-order valence-electron chi connectivity index (χ2n) is 7.49. The Bertz CT molecular complexity index is 1130. The van der Waals surface area contributed by atoms with Crippen molar-refractivity contribution in [1.82, 2.24) is 20.4 Å². The fourth-order valence-electron chi connectivity index (χ4n) is 3.78. The van der Waals surface area contributed by atoms with Gasteiger partial charge in [-0.3, -0.25) is 9.59 Å². The van der Waals surface area contributed by atoms with Crippen molar-refractivity contribution in [2.45, 2.75) is 38.8 Å². The summed E-state index contributed by atoms with van der Waals surface area (Å²) in [5.74, 6) is -0.753. The average Bonchev–Trinajstić information content (AvgIpc) is 3.37. The summed E-state index contributed by atoms with van der Waals surface area (Å²) in [6.07, 6.45) is 3.00. The SMILES string of the molecule is CC(NC(=O)c1cccc(Cl)c1Cl)C(=O)NCc1nn(-c2ccccc2)c2c1CCC2. The van der Waals surface area contributed by atoms with E-state index >= 15 is 0 Å². The van der Waals surface area contributed by atoms with E-state index in [0.717, 1.165) is 30.6 Å². The van der Waals surface area contributed by atoms with Gasteiger partial charge in [-0.2, -0.15) is 5.10 Å². The van der Waals surface area contributed by atoms with Crippen LogP contribution in [0.1, 0.15) is 40.7 Å². The Kier molecular flexibility index (Phi) is 6.30. The average molecular weight is 457 g/mol. The Hall–Kier alpha value is -2.83. The first-order valence-corrected chi connectivity index (χ1v) is 10.9. The summed E-state index contributed by atoms with van der Waals surface area (Å²) in [5.41, 5.74) is 4.51. The van der Waals surface area contributed by atoms with Gasteiger partial charge < -0.3 is 10.6 Å². The molecule has 1 atom stereocenters. The van der Waals surface area contributed by atoms with Crippen LogP contribution in [0.25, 0.3) is 5.69 Å². The molecule has 8 heteroatoms. The molecule has 1 aliphatic carbocycles. The number of aromatic nitrogens is 2. The molecule has 0 saturated heterocycles. The first-order chi connectivity index (χ1) is 15.0. The number of rotatable bonds is 6. The number of halogens is 2. The molecule has 1 unspecified atom stereocenters. The van der Waals surface area contributed by atoms with Crippen LogP contribution in [0, 0.1) is 0 Å². The van der Waals surface area contributed by atoms with Crippen LogP contribution in [0.3, 0.4) is 0 Å². The van der Waals surface area contributed by atoms with Crippen molar-refractivity contribution in [3.63, 3.8) is 0 Å². The maximum atomic E-state index is 12.6. The minimum Gasteiger partial charge on any atom is -0.349 e. The Balaban J connectivity index is 1.42. The monoisotopic (exact) mass is 456 g/mol. The minimum atomic E-state index is -0.744. The Labute approximate surface area is 190 Å². The molecule has 2 aromatic carbocycles. The van der Waals surface area contributed by atoms with Crippen molar-refractivity contribution in [2.75, 3.05) is 0 Å². The predicted molar refractivity (Wildman–Crippen MR) is 121 cm³/mol. The van der Waals surface area contributed by atoms with Crippen LogP contribution >= 0.6 is 23.2 Å². The van der Waals surface area contributed by atoms with Gasteiger partial charge in [-0.25, -0.2) is 4.68 Å². The number of carbonyl (C=O) groups is 2. The number of nitrogens with zero attached hydrogens (tertiary/aromatic N) is 2. The molecule has 6 nitrogen and oxygen atoms in total. The zero-order valence-electron chi connectivity index (χ0n) is 17.0. The number of benzene rings is 2. The first-order valence-electron chi connectivity index (χ1n) is 10.1. The normalized spacial score (nSPS) is 13.5. The number of nitrogens with one attached hydrogen (secondary N) is 2. The van der Waals surface area contributed by atoms with Crippen molar-refractivity contribution >= 4 is 35.0 Å². The molecule has 0 spiro atoms. The van der Waals surface area contributed by atoms with Gasteiger partial charge in [0.05, 0.1) is 33.5 Å². The predicted octanol–water partition coefficient (Wildman–Crippen LogP) is 4.10. The highest BCUT2D eigenvalue weighted by molar-refractivity contribution is 6.43. The van der Waals surface area contributed by atoms with Crippen molar-refractivity contribution in [3.05, 3.63) is 81.1 Å². The molecule has 0 radical (unpaired) electrons. The van der Waals surface area contributed by atoms with Crippen molar-refractivity contribution in [1.29, 1.82) is 0 Å². The van der Waals surface area contributed by atoms with Gasteiger partial charge >= 0.3 is 0 Å². The smallest absolute Gasteiger partial charge is 0.253 e. The molecule has 0 saturated carbocycles. The minimum absolute atomic E-state index is 0.163. The lowest BCUT2D eigenvalue weighted by atomic mass is 10.2. The third-order valence-corrected chi connectivity index (χ3v) is 6.20. The highest BCUT2D eigenvalue weighted by Crippen LogP contribution is 2.28. The van der Waals surface area contributed by atoms with Crippen LogP contribution in [0.15, 0.2) is 48.5 Å². The molecule has 1 aliphatic rings. The van der Waals surface area contributed by atoms with E-state index in [-0.39, 0.29) is 21.5 Å². The van der Waals surface area contributed by atoms with Gasteiger partial charge in [0.1, 0.15) is 6.04 Å². The third kappa shape index (κ3) is 4.45. The summed E-state index contributed by atoms with van der Waals surface area (Å²) in [7, 11) is 0. The fraction of sp³-hybridized carbons (Fsp3) is 0.261. The van der Waals surface area contributed by atoms with Crippen LogP contribution in [-0.2, 0) is 24.2 Å². The lowest BCUT2D eigenvalue weighted by molar-refractivity contribution is -0.122. The van der Waals surface area contributed by atoms with E-state index in [1.54, 1.807) is 25.1 Å². The number of carbonyl (C=O) groups excluding carboxylic acids is 2. The molecule has 0 fully saturated rings. The number of para-hydroxylation sites is 1. The molecule has 0 aliphatic heterocycles. The zero-order chi connectivity index (χ0) is 22.0. The molecular weight excluding hydrogens is 435 g/mol. The molecule has 2 N–H and O–H groups in total. The van der Waals surface area contributed by atoms with Crippen LogP contribution < -0.4 is 10.6 Å². The zero-order valence-corrected chi connectivity index (χ0v) is 18.5. The molecule has 4 rings (SSSR count). The highest BCUT2D eigenvalue weighted by atomic mass is 35.5. The van der Waals surface area contributed by atoms with Gasteiger partial charge in [0.2, 0.25) is 5.91 Å². The summed E-state index contributed by atoms with van der Waals surface area (Å²) in [6, 6.07) is 14.0. The van der Waals surface area contributed by atoms with E-state index in [2.05, 4.69) is 10.6 Å². The van der Waals surface area contributed by atoms with E-state index in [1.165, 1.54) is 11.3 Å². The topological polar surface area (TPSA) is 76.0 Å². The number of amides is 2. The van der Waals surface area contributed by atoms with E-state index in [9.17, 15) is 9.59 Å². The van der Waals surface area contributed by atoms with E-state index in [1.807, 2.05) is 35.0 Å². The lowest BCUT2D eigenvalue weighted by Gasteiger charge is -2.15. The molecule has 31 heavy (non-hydrogen) atoms. The molecule has 1 heterocycles. The Morgan fingerprint density at radius 2 is 1.87 bits per heavy atom. The van der Waals surface area contributed by atoms with Crippen LogP contribution in [0.2, 0.25) is 10.0 Å². The lowest BCUT2D eigenvalue weighted by Crippen LogP contribution is -2.44. The van der Waals surface area contributed by atoms with Crippen LogP contribution in [0.4, 0.5) is 0 Å². The summed E-state index contributed by atoms with van der Waals surface area (Å²) in [5, 5.41) is 10.7. The summed E-state index contributed by atoms with van der Waals surface area (Å²) in [4.78, 5) is 25.1. The molecular formula is C23H22Cl2N4O2. The molecule has 160 valence electrons. The summed E-state index contributed by atoms with van der Waals surface area (Å²) >= 11 is 12.1. The summed E-state index contributed by atoms with van der Waals surface area (Å²) in [6.45, 7) is 1.93. The molecule has 3 aromatic rings. The van der Waals surface area contributed by atoms with Crippen molar-refractivity contribution in [2.24, 2.45) is 0 Å². The maximum absolute atomic E-state index is 12.6. The number of hydrogen-bond acceptors (Lipinski definition) is 3. The second kappa shape index (κ2) is 9.12. The van der Waals surface area contributed by atoms with E-state index in [4.69, 9.17) is 28.3 Å². The first kappa shape index (κ1) is 21.4. The largest absolute Gasteiger partial charge is 0.349 e. The van der Waals surface area contributed by atoms with Gasteiger partial charge in [0.25, 0.3) is 5.91 Å². The van der Waals surface area contributed by atoms with Crippen molar-refractivity contribution < 1.29 is 9.59 Å². The van der Waals surface area contributed by atoms with Gasteiger partial charge in [-0.15, -0.1) is 0 Å². The molecule has 0 bridgehead atoms. The quantitative estimate of drug-likeness (QED) is 0.585. The summed E-state index contributed by atoms with van der Waals surface area (Å²) < 4.78 is 1.97. The van der Waals surface area contributed by atoms with Gasteiger partial charge in [-0.1, -0.05) is 47.5 Å². The fourth-order valence-corrected chi connectivity index (χ4v) is 4.17. The number of fused-ring (bicyclic) bond motifs is 1. The van der Waals surface area contributed by atoms with E-state index in [0.29, 0.717) is 6.54 Å². The molecule has 2 amide bonds. The van der Waals surface area contributed by atoms with Gasteiger partial charge in [0.15, 0.2) is 0 Å². The van der Waals surface area contributed by atoms with Gasteiger partial charge in [0, 0.05) is 5.69 Å². The van der Waals surface area contributed by atoms with Crippen LogP contribution in [-0.4, -0.2) is 27.6 Å². The highest BCUT2D eigenvalue weighted by Gasteiger charge is 2.24. The molecule has 1 aromatic heterocycles. The Morgan fingerprint density at radius 3 is 2.65 bits per heavy atom. The number of hydrogen-bond donors (Lipinski definition) is 2. The third-order valence-electron chi connectivity index (χ3n) is 5.38. The maximum Gasteiger partial charge on any atom is 0.253 e. The Morgan fingerprint density at radius 1 is 1.10 bits per heavy atom. The standard InChI is InChI=1S/C23H22Cl2N4O2/c1-14(27-23(31)17-10-5-11-18(24)21(17)25)22(30)26-13-19-16-9-6-12-20(16)29(28-19)15-7-3-2-4-8-15/h2-5,7-8,10-11,14H,6,9,12-13H2,1H3,(H,26,30)(H,27,31). The van der Waals surface area contributed by atoms with Crippen molar-refractivity contribution in [3.8, 4) is 5.69 Å². The van der Waals surface area contributed by atoms with Crippen LogP contribution in [0.5, 0.6) is 0 Å².